The van der Waals surface area contributed by atoms with E-state index in [2.05, 4.69) is 10.1 Å². The van der Waals surface area contributed by atoms with Gasteiger partial charge in [0.25, 0.3) is 0 Å². The molecule has 0 bridgehead atoms. The van der Waals surface area contributed by atoms with Gasteiger partial charge in [0.2, 0.25) is 5.95 Å². The molecular weight excluding hydrogens is 411 g/mol. The number of fused-ring (bicyclic) bond motifs is 3. The van der Waals surface area contributed by atoms with Crippen molar-refractivity contribution in [1.82, 2.24) is 24.3 Å². The number of benzene rings is 1. The van der Waals surface area contributed by atoms with E-state index in [1.807, 2.05) is 27.3 Å². The lowest BCUT2D eigenvalue weighted by Crippen LogP contribution is -2.23. The Kier molecular flexibility index (Phi) is 4.62. The Hall–Kier alpha value is -3.04. The lowest BCUT2D eigenvalue weighted by molar-refractivity contribution is -0.0365. The predicted molar refractivity (Wildman–Crippen MR) is 119 cm³/mol. The topological polar surface area (TPSA) is 81.2 Å². The molecule has 2 fully saturated rings. The molecule has 8 nitrogen and oxygen atoms in total. The van der Waals surface area contributed by atoms with Gasteiger partial charge in [-0.05, 0) is 50.8 Å². The molecule has 166 valence electrons. The van der Waals surface area contributed by atoms with E-state index in [-0.39, 0.29) is 18.1 Å². The molecule has 4 aromatic rings. The van der Waals surface area contributed by atoms with E-state index in [1.54, 1.807) is 18.3 Å². The average Bonchev–Trinajstić information content (AvgIpc) is 3.49. The number of hydrogen-bond donors (Lipinski definition) is 1. The second-order valence-corrected chi connectivity index (χ2v) is 8.67. The maximum Gasteiger partial charge on any atom is 0.225 e. The summed E-state index contributed by atoms with van der Waals surface area (Å²) in [5.41, 5.74) is 4.23. The monoisotopic (exact) mass is 436 g/mol. The number of hydrogen-bond acceptors (Lipinski definition) is 6. The number of aromatic nitrogens is 5. The molecule has 2 aliphatic rings. The first-order valence-corrected chi connectivity index (χ1v) is 11.2. The maximum absolute atomic E-state index is 14.3. The Morgan fingerprint density at radius 3 is 2.81 bits per heavy atom. The van der Waals surface area contributed by atoms with Crippen molar-refractivity contribution in [2.75, 3.05) is 24.6 Å². The lowest BCUT2D eigenvalue weighted by atomic mass is 10.2. The summed E-state index contributed by atoms with van der Waals surface area (Å²) in [4.78, 5) is 11.3. The number of aliphatic hydroxyl groups excluding tert-OH is 1. The van der Waals surface area contributed by atoms with Crippen molar-refractivity contribution in [3.63, 3.8) is 0 Å². The van der Waals surface area contributed by atoms with E-state index in [0.717, 1.165) is 65.5 Å². The van der Waals surface area contributed by atoms with E-state index in [9.17, 15) is 9.50 Å². The molecule has 5 heterocycles. The second-order valence-electron chi connectivity index (χ2n) is 8.67. The van der Waals surface area contributed by atoms with E-state index in [0.29, 0.717) is 19.1 Å². The molecule has 1 unspecified atom stereocenters. The van der Waals surface area contributed by atoms with E-state index < -0.39 is 0 Å². The van der Waals surface area contributed by atoms with Gasteiger partial charge >= 0.3 is 0 Å². The molecule has 32 heavy (non-hydrogen) atoms. The standard InChI is InChI=1S/C23H25FN6O2/c1-14-19(11-25-23(27-14)28-8-7-16(31)13-28)29-18-6-5-15(24)10-17(18)22-20(29)12-26-30(22)21-4-2-3-9-32-21/h5-6,10-12,16,21,31H,2-4,7-9,13H2,1H3/t16-,21?/m0/s1. The largest absolute Gasteiger partial charge is 0.391 e. The van der Waals surface area contributed by atoms with Crippen LogP contribution in [0.15, 0.2) is 30.6 Å². The number of halogens is 1. The molecule has 0 spiro atoms. The number of β-amino-alcohol motifs (C(OH)–C–C–N with tert-alkyl or cyclic N) is 1. The summed E-state index contributed by atoms with van der Waals surface area (Å²) in [6.45, 7) is 3.94. The van der Waals surface area contributed by atoms with Crippen molar-refractivity contribution in [2.24, 2.45) is 0 Å². The fourth-order valence-corrected chi connectivity index (χ4v) is 4.94. The minimum absolute atomic E-state index is 0.148. The zero-order valence-corrected chi connectivity index (χ0v) is 17.9. The molecule has 1 N–H and O–H groups in total. The zero-order chi connectivity index (χ0) is 21.8. The van der Waals surface area contributed by atoms with Crippen molar-refractivity contribution in [1.29, 1.82) is 0 Å². The highest BCUT2D eigenvalue weighted by atomic mass is 19.1. The summed E-state index contributed by atoms with van der Waals surface area (Å²) >= 11 is 0. The molecule has 9 heteroatoms. The van der Waals surface area contributed by atoms with Crippen LogP contribution in [0.2, 0.25) is 0 Å². The van der Waals surface area contributed by atoms with Crippen LogP contribution in [0.25, 0.3) is 27.6 Å². The number of rotatable bonds is 3. The second kappa shape index (κ2) is 7.53. The normalized spacial score (nSPS) is 21.8. The van der Waals surface area contributed by atoms with Gasteiger partial charge in [0.15, 0.2) is 6.23 Å². The molecule has 0 radical (unpaired) electrons. The predicted octanol–water partition coefficient (Wildman–Crippen LogP) is 3.49. The van der Waals surface area contributed by atoms with Gasteiger partial charge in [-0.2, -0.15) is 5.10 Å². The highest BCUT2D eigenvalue weighted by Crippen LogP contribution is 2.36. The fraction of sp³-hybridized carbons (Fsp3) is 0.435. The van der Waals surface area contributed by atoms with Crippen LogP contribution >= 0.6 is 0 Å². The lowest BCUT2D eigenvalue weighted by Gasteiger charge is -2.23. The SMILES string of the molecule is Cc1nc(N2CC[C@H](O)C2)ncc1-n1c2ccc(F)cc2c2c1cnn2C1CCCCO1. The number of anilines is 1. The van der Waals surface area contributed by atoms with Crippen LogP contribution in [0.1, 0.15) is 37.6 Å². The van der Waals surface area contributed by atoms with E-state index in [1.165, 1.54) is 6.07 Å². The van der Waals surface area contributed by atoms with Crippen molar-refractivity contribution >= 4 is 27.9 Å². The van der Waals surface area contributed by atoms with E-state index >= 15 is 0 Å². The van der Waals surface area contributed by atoms with Crippen LogP contribution in [-0.4, -0.2) is 55.2 Å². The van der Waals surface area contributed by atoms with Crippen molar-refractivity contribution in [3.05, 3.63) is 42.1 Å². The third kappa shape index (κ3) is 3.07. The molecular formula is C23H25FN6O2. The van der Waals surface area contributed by atoms with Gasteiger partial charge in [-0.25, -0.2) is 19.0 Å². The molecule has 2 saturated heterocycles. The summed E-state index contributed by atoms with van der Waals surface area (Å²) in [6.07, 6.45) is 6.87. The third-order valence-corrected chi connectivity index (χ3v) is 6.53. The summed E-state index contributed by atoms with van der Waals surface area (Å²) in [7, 11) is 0. The third-order valence-electron chi connectivity index (χ3n) is 6.53. The van der Waals surface area contributed by atoms with Gasteiger partial charge in [-0.15, -0.1) is 0 Å². The van der Waals surface area contributed by atoms with Crippen molar-refractivity contribution in [2.45, 2.75) is 44.9 Å². The maximum atomic E-state index is 14.3. The highest BCUT2D eigenvalue weighted by Gasteiger charge is 2.26. The Bertz CT molecular complexity index is 1310. The fourth-order valence-electron chi connectivity index (χ4n) is 4.94. The Balaban J connectivity index is 1.52. The Morgan fingerprint density at radius 1 is 1.16 bits per heavy atom. The Labute approximate surface area is 184 Å². The average molecular weight is 436 g/mol. The first kappa shape index (κ1) is 19.6. The van der Waals surface area contributed by atoms with Crippen LogP contribution in [0.5, 0.6) is 0 Å². The smallest absolute Gasteiger partial charge is 0.225 e. The van der Waals surface area contributed by atoms with Crippen LogP contribution in [0.3, 0.4) is 0 Å². The quantitative estimate of drug-likeness (QED) is 0.530. The highest BCUT2D eigenvalue weighted by molar-refractivity contribution is 6.07. The van der Waals surface area contributed by atoms with E-state index in [4.69, 9.17) is 9.72 Å². The van der Waals surface area contributed by atoms with Crippen molar-refractivity contribution in [3.8, 4) is 5.69 Å². The molecule has 2 atom stereocenters. The van der Waals surface area contributed by atoms with Crippen molar-refractivity contribution < 1.29 is 14.2 Å². The summed E-state index contributed by atoms with van der Waals surface area (Å²) in [5.74, 6) is 0.331. The minimum atomic E-state index is -0.339. The van der Waals surface area contributed by atoms with Gasteiger partial charge < -0.3 is 19.3 Å². The Morgan fingerprint density at radius 2 is 2.06 bits per heavy atom. The van der Waals surface area contributed by atoms with Gasteiger partial charge in [-0.1, -0.05) is 0 Å². The molecule has 0 amide bonds. The first-order valence-electron chi connectivity index (χ1n) is 11.2. The molecule has 3 aromatic heterocycles. The summed E-state index contributed by atoms with van der Waals surface area (Å²) in [5, 5.41) is 15.3. The summed E-state index contributed by atoms with van der Waals surface area (Å²) < 4.78 is 24.2. The molecule has 0 saturated carbocycles. The number of ether oxygens (including phenoxy) is 1. The minimum Gasteiger partial charge on any atom is -0.391 e. The van der Waals surface area contributed by atoms with Gasteiger partial charge in [0, 0.05) is 25.1 Å². The van der Waals surface area contributed by atoms with Crippen LogP contribution in [0, 0.1) is 12.7 Å². The van der Waals surface area contributed by atoms with Gasteiger partial charge in [0.1, 0.15) is 5.82 Å². The van der Waals surface area contributed by atoms with Crippen LogP contribution in [-0.2, 0) is 4.74 Å². The zero-order valence-electron chi connectivity index (χ0n) is 17.9. The van der Waals surface area contributed by atoms with Crippen LogP contribution in [0.4, 0.5) is 10.3 Å². The summed E-state index contributed by atoms with van der Waals surface area (Å²) in [6, 6.07) is 4.83. The molecule has 0 aliphatic carbocycles. The van der Waals surface area contributed by atoms with Gasteiger partial charge in [-0.3, -0.25) is 0 Å². The number of aliphatic hydroxyl groups is 1. The molecule has 6 rings (SSSR count). The van der Waals surface area contributed by atoms with Crippen LogP contribution < -0.4 is 4.90 Å². The first-order chi connectivity index (χ1) is 15.6. The number of nitrogens with zero attached hydrogens (tertiary/aromatic N) is 6. The molecule has 2 aliphatic heterocycles. The number of aryl methyl sites for hydroxylation is 1. The van der Waals surface area contributed by atoms with Gasteiger partial charge in [0.05, 0.1) is 46.4 Å². The molecule has 1 aromatic carbocycles.